The Morgan fingerprint density at radius 1 is 1.56 bits per heavy atom. The van der Waals surface area contributed by atoms with Gasteiger partial charge in [-0.3, -0.25) is 9.52 Å². The largest absolute Gasteiger partial charge is 0.466 e. The Labute approximate surface area is 110 Å². The van der Waals surface area contributed by atoms with Crippen LogP contribution in [-0.4, -0.2) is 36.7 Å². The van der Waals surface area contributed by atoms with Gasteiger partial charge in [-0.25, -0.2) is 13.4 Å². The summed E-state index contributed by atoms with van der Waals surface area (Å²) in [6, 6.07) is 1.35. The van der Waals surface area contributed by atoms with E-state index in [1.54, 1.807) is 6.92 Å². The number of esters is 1. The number of sulfonamides is 1. The minimum atomic E-state index is -3.66. The van der Waals surface area contributed by atoms with Crippen LogP contribution in [0.5, 0.6) is 0 Å². The number of nitrogens with one attached hydrogen (secondary N) is 1. The molecule has 0 amide bonds. The van der Waals surface area contributed by atoms with Gasteiger partial charge in [-0.1, -0.05) is 0 Å². The predicted octanol–water partition coefficient (Wildman–Crippen LogP) is 0.825. The van der Waals surface area contributed by atoms with Crippen molar-refractivity contribution in [3.8, 4) is 0 Å². The summed E-state index contributed by atoms with van der Waals surface area (Å²) in [4.78, 5) is 18.3. The van der Waals surface area contributed by atoms with E-state index in [9.17, 15) is 13.2 Å². The maximum absolute atomic E-state index is 11.6. The Bertz CT molecular complexity index is 520. The third-order valence-corrected chi connectivity index (χ3v) is 3.21. The second-order valence-electron chi connectivity index (χ2n) is 3.19. The monoisotopic (exact) mass is 293 g/mol. The highest BCUT2D eigenvalue weighted by Crippen LogP contribution is 2.08. The quantitative estimate of drug-likeness (QED) is 0.616. The van der Waals surface area contributed by atoms with Gasteiger partial charge in [0.25, 0.3) is 0 Å². The fourth-order valence-electron chi connectivity index (χ4n) is 1.05. The summed E-state index contributed by atoms with van der Waals surface area (Å²) in [6.07, 6.45) is 1.10. The molecule has 1 N–H and O–H groups in total. The lowest BCUT2D eigenvalue weighted by Gasteiger charge is -2.06. The van der Waals surface area contributed by atoms with E-state index in [1.807, 2.05) is 0 Å². The van der Waals surface area contributed by atoms with Crippen molar-refractivity contribution in [2.75, 3.05) is 17.1 Å². The van der Waals surface area contributed by atoms with Crippen LogP contribution in [0.4, 0.5) is 5.82 Å². The number of ether oxygens (including phenoxy) is 1. The number of carbonyl (C=O) groups excluding carboxylic acids is 1. The Balaban J connectivity index is 2.57. The van der Waals surface area contributed by atoms with Crippen molar-refractivity contribution >= 4 is 33.4 Å². The molecule has 1 aromatic rings. The Hall–Kier alpha value is -1.41. The van der Waals surface area contributed by atoms with Crippen molar-refractivity contribution in [2.24, 2.45) is 0 Å². The first-order valence-electron chi connectivity index (χ1n) is 5.07. The summed E-state index contributed by atoms with van der Waals surface area (Å²) in [5.74, 6) is -0.893. The van der Waals surface area contributed by atoms with Crippen molar-refractivity contribution in [1.82, 2.24) is 9.97 Å². The molecule has 1 rings (SSSR count). The minimum Gasteiger partial charge on any atom is -0.466 e. The van der Waals surface area contributed by atoms with Crippen LogP contribution >= 0.6 is 11.6 Å². The van der Waals surface area contributed by atoms with E-state index in [0.29, 0.717) is 0 Å². The minimum absolute atomic E-state index is 0.0545. The van der Waals surface area contributed by atoms with Gasteiger partial charge in [0.15, 0.2) is 0 Å². The Kier molecular flexibility index (Phi) is 5.29. The first-order valence-corrected chi connectivity index (χ1v) is 7.10. The molecular formula is C9H12ClN3O4S. The molecule has 9 heteroatoms. The number of rotatable bonds is 6. The molecule has 1 aromatic heterocycles. The van der Waals surface area contributed by atoms with E-state index in [2.05, 4.69) is 19.4 Å². The molecule has 0 saturated heterocycles. The van der Waals surface area contributed by atoms with Crippen molar-refractivity contribution in [3.05, 3.63) is 17.5 Å². The van der Waals surface area contributed by atoms with Gasteiger partial charge < -0.3 is 4.74 Å². The van der Waals surface area contributed by atoms with E-state index in [1.165, 1.54) is 12.3 Å². The zero-order valence-electron chi connectivity index (χ0n) is 9.59. The average Bonchev–Trinajstić information content (AvgIpc) is 2.26. The molecule has 0 aliphatic rings. The number of hydrogen-bond donors (Lipinski definition) is 1. The maximum Gasteiger partial charge on any atom is 0.306 e. The van der Waals surface area contributed by atoms with Gasteiger partial charge in [-0.2, -0.15) is 4.98 Å². The number of aromatic nitrogens is 2. The molecule has 0 aliphatic carbocycles. The summed E-state index contributed by atoms with van der Waals surface area (Å²) in [6.45, 7) is 1.86. The smallest absolute Gasteiger partial charge is 0.306 e. The van der Waals surface area contributed by atoms with Crippen molar-refractivity contribution < 1.29 is 17.9 Å². The second kappa shape index (κ2) is 6.50. The van der Waals surface area contributed by atoms with Gasteiger partial charge in [-0.15, -0.1) is 0 Å². The molecular weight excluding hydrogens is 282 g/mol. The average molecular weight is 294 g/mol. The summed E-state index contributed by atoms with van der Waals surface area (Å²) in [7, 11) is -3.66. The third-order valence-electron chi connectivity index (χ3n) is 1.77. The van der Waals surface area contributed by atoms with Crippen molar-refractivity contribution in [3.63, 3.8) is 0 Å². The van der Waals surface area contributed by atoms with E-state index < -0.39 is 16.0 Å². The van der Waals surface area contributed by atoms with Crippen LogP contribution in [0.2, 0.25) is 5.28 Å². The molecule has 0 aromatic carbocycles. The van der Waals surface area contributed by atoms with E-state index >= 15 is 0 Å². The van der Waals surface area contributed by atoms with Crippen LogP contribution in [0.25, 0.3) is 0 Å². The zero-order valence-corrected chi connectivity index (χ0v) is 11.2. The number of halogens is 1. The molecule has 0 saturated carbocycles. The van der Waals surface area contributed by atoms with Gasteiger partial charge in [0, 0.05) is 6.20 Å². The summed E-state index contributed by atoms with van der Waals surface area (Å²) >= 11 is 5.51. The molecule has 0 fully saturated rings. The highest BCUT2D eigenvalue weighted by Gasteiger charge is 2.14. The molecule has 0 unspecified atom stereocenters. The number of nitrogens with zero attached hydrogens (tertiary/aromatic N) is 2. The number of hydrogen-bond acceptors (Lipinski definition) is 6. The molecule has 0 atom stereocenters. The van der Waals surface area contributed by atoms with E-state index in [4.69, 9.17) is 11.6 Å². The molecule has 100 valence electrons. The molecule has 0 radical (unpaired) electrons. The highest BCUT2D eigenvalue weighted by molar-refractivity contribution is 7.92. The van der Waals surface area contributed by atoms with E-state index in [0.717, 1.165) is 0 Å². The lowest BCUT2D eigenvalue weighted by atomic mass is 10.5. The third kappa shape index (κ3) is 5.28. The molecule has 7 nitrogen and oxygen atoms in total. The SMILES string of the molecule is CCOC(=O)CCS(=O)(=O)Nc1ccnc(Cl)n1. The van der Waals surface area contributed by atoms with Gasteiger partial charge in [0.2, 0.25) is 15.3 Å². The van der Waals surface area contributed by atoms with Crippen LogP contribution in [0.3, 0.4) is 0 Å². The van der Waals surface area contributed by atoms with Gasteiger partial charge in [0.1, 0.15) is 5.82 Å². The maximum atomic E-state index is 11.6. The lowest BCUT2D eigenvalue weighted by molar-refractivity contribution is -0.142. The van der Waals surface area contributed by atoms with Crippen LogP contribution < -0.4 is 4.72 Å². The lowest BCUT2D eigenvalue weighted by Crippen LogP contribution is -2.20. The molecule has 1 heterocycles. The summed E-state index contributed by atoms with van der Waals surface area (Å²) in [5, 5.41) is -0.0689. The Morgan fingerprint density at radius 2 is 2.28 bits per heavy atom. The molecule has 0 aliphatic heterocycles. The van der Waals surface area contributed by atoms with Crippen molar-refractivity contribution in [2.45, 2.75) is 13.3 Å². The fraction of sp³-hybridized carbons (Fsp3) is 0.444. The summed E-state index contributed by atoms with van der Waals surface area (Å²) in [5.41, 5.74) is 0. The molecule has 0 spiro atoms. The van der Waals surface area contributed by atoms with Crippen LogP contribution in [0.1, 0.15) is 13.3 Å². The van der Waals surface area contributed by atoms with Crippen molar-refractivity contribution in [1.29, 1.82) is 0 Å². The van der Waals surface area contributed by atoms with Gasteiger partial charge in [0.05, 0.1) is 18.8 Å². The number of anilines is 1. The number of carbonyl (C=O) groups is 1. The summed E-state index contributed by atoms with van der Waals surface area (Å²) < 4.78 is 30.0. The zero-order chi connectivity index (χ0) is 13.6. The topological polar surface area (TPSA) is 98.2 Å². The normalized spacial score (nSPS) is 11.0. The second-order valence-corrected chi connectivity index (χ2v) is 5.37. The highest BCUT2D eigenvalue weighted by atomic mass is 35.5. The van der Waals surface area contributed by atoms with Crippen LogP contribution in [0, 0.1) is 0 Å². The van der Waals surface area contributed by atoms with E-state index in [-0.39, 0.29) is 29.9 Å². The fourth-order valence-corrected chi connectivity index (χ4v) is 2.17. The molecule has 0 bridgehead atoms. The standard InChI is InChI=1S/C9H12ClN3O4S/c1-2-17-8(14)4-6-18(15,16)13-7-3-5-11-9(10)12-7/h3,5H,2,4,6H2,1H3,(H,11,12,13). The Morgan fingerprint density at radius 3 is 2.89 bits per heavy atom. The first kappa shape index (κ1) is 14.7. The van der Waals surface area contributed by atoms with Crippen LogP contribution in [-0.2, 0) is 19.6 Å². The van der Waals surface area contributed by atoms with Crippen LogP contribution in [0.15, 0.2) is 12.3 Å². The molecule has 18 heavy (non-hydrogen) atoms. The van der Waals surface area contributed by atoms with Gasteiger partial charge in [-0.05, 0) is 24.6 Å². The predicted molar refractivity (Wildman–Crippen MR) is 65.7 cm³/mol. The first-order chi connectivity index (χ1) is 8.43. The van der Waals surface area contributed by atoms with Gasteiger partial charge >= 0.3 is 5.97 Å².